The summed E-state index contributed by atoms with van der Waals surface area (Å²) in [5, 5.41) is 44.9. The molecule has 8 N–H and O–H groups in total. The van der Waals surface area contributed by atoms with Crippen LogP contribution in [0.1, 0.15) is 25.2 Å². The number of thiazole rings is 2. The summed E-state index contributed by atoms with van der Waals surface area (Å²) in [7, 11) is -3.53. The number of thioether (sulfide) groups is 2. The standard InChI is InChI=1S/2C21H22N6O6S2.C2HF3O2.CHF3O3S/c2*1-3-33-11-4-6-26(7-5-11)8-14-17(20(30)31)27-13(10-34-14)16(19(27)29)24-18(28)15(25-32-2)12-9-35-21(22)23-12;3-2(4,5)1(6)7;2-1(3,4)8(5,6)7/h2*4-7,9,13,16H,3,8,10H2,1-2H3,(H3-,22,23,24,28,30,31);(H,6,7);(H,5,6,7). The molecule has 29 nitrogen and oxygen atoms in total. The van der Waals surface area contributed by atoms with E-state index in [0.29, 0.717) is 46.0 Å². The van der Waals surface area contributed by atoms with Gasteiger partial charge in [0.05, 0.1) is 35.1 Å². The number of aromatic nitrogens is 4. The zero-order valence-electron chi connectivity index (χ0n) is 43.9. The zero-order chi connectivity index (χ0) is 63.3. The van der Waals surface area contributed by atoms with E-state index in [1.54, 1.807) is 59.8 Å². The first-order valence-electron chi connectivity index (χ1n) is 23.5. The number of halogens is 6. The third kappa shape index (κ3) is 17.2. The van der Waals surface area contributed by atoms with Crippen LogP contribution in [0.25, 0.3) is 0 Å². The second kappa shape index (κ2) is 29.0. The fraction of sp³-hybridized carbons (Fsp3) is 0.356. The number of hydrogen-bond acceptors (Lipinski definition) is 25. The van der Waals surface area contributed by atoms with Gasteiger partial charge in [0.2, 0.25) is 0 Å². The van der Waals surface area contributed by atoms with Gasteiger partial charge in [-0.15, -0.1) is 46.2 Å². The van der Waals surface area contributed by atoms with Gasteiger partial charge in [-0.2, -0.15) is 35.5 Å². The molecule has 0 bridgehead atoms. The van der Waals surface area contributed by atoms with E-state index >= 15 is 0 Å². The van der Waals surface area contributed by atoms with E-state index in [-0.39, 0.29) is 57.6 Å². The maximum atomic E-state index is 13.0. The number of fused-ring (bicyclic) bond motifs is 2. The van der Waals surface area contributed by atoms with Crippen LogP contribution in [-0.2, 0) is 66.4 Å². The third-order valence-electron chi connectivity index (χ3n) is 11.1. The van der Waals surface area contributed by atoms with Crippen LogP contribution >= 0.6 is 46.2 Å². The molecule has 2 fully saturated rings. The number of β-lactam (4-membered cyclic amide) rings is 2. The van der Waals surface area contributed by atoms with Crippen LogP contribution in [0.4, 0.5) is 36.6 Å². The number of allylic oxidation sites excluding steroid dienone is 2. The van der Waals surface area contributed by atoms with Crippen molar-refractivity contribution in [3.63, 3.8) is 0 Å². The van der Waals surface area contributed by atoms with Crippen molar-refractivity contribution < 1.29 is 116 Å². The Bertz CT molecular complexity index is 3210. The summed E-state index contributed by atoms with van der Waals surface area (Å²) in [6, 6.07) is 4.32. The van der Waals surface area contributed by atoms with Crippen molar-refractivity contribution in [1.82, 2.24) is 30.4 Å². The maximum absolute atomic E-state index is 13.0. The van der Waals surface area contributed by atoms with Crippen molar-refractivity contribution in [1.29, 1.82) is 0 Å². The van der Waals surface area contributed by atoms with Gasteiger partial charge in [-0.1, -0.05) is 10.3 Å². The first-order valence-corrected chi connectivity index (χ1v) is 28.7. The number of carboxylic acid groups (broad SMARTS) is 3. The van der Waals surface area contributed by atoms with E-state index in [1.807, 2.05) is 23.0 Å². The Morgan fingerprint density at radius 2 is 1.05 bits per heavy atom. The van der Waals surface area contributed by atoms with Crippen molar-refractivity contribution >= 4 is 120 Å². The minimum atomic E-state index is -6.09. The number of pyridine rings is 2. The van der Waals surface area contributed by atoms with Gasteiger partial charge in [-0.05, 0) is 13.8 Å². The predicted octanol–water partition coefficient (Wildman–Crippen LogP) is -0.248. The van der Waals surface area contributed by atoms with Gasteiger partial charge in [0, 0.05) is 46.5 Å². The van der Waals surface area contributed by atoms with Gasteiger partial charge in [0.1, 0.15) is 66.6 Å². The van der Waals surface area contributed by atoms with E-state index in [4.69, 9.17) is 53.5 Å². The molecule has 0 radical (unpaired) electrons. The number of amides is 4. The SMILES string of the molecule is CCOc1cc[n+](CC2=C(C(=O)O)N3C(=O)C(NC(=O)C(=NOC)c4csc(N)n4)C3CS2)cc1.CCOc1cc[n+](CC2=C(C(=O)O)N3C(=O)C(NC(=O)C(=NOC)c4csc(N)n4)C3CS2)cc1.O=C([O-])C(F)(F)F.O=S(=O)([O-])C(F)(F)F. The van der Waals surface area contributed by atoms with Crippen molar-refractivity contribution in [2.75, 3.05) is 50.4 Å². The molecule has 0 aromatic carbocycles. The number of rotatable bonds is 18. The number of nitrogens with zero attached hydrogens (tertiary/aromatic N) is 8. The van der Waals surface area contributed by atoms with E-state index in [9.17, 15) is 65.3 Å². The molecule has 8 rings (SSSR count). The van der Waals surface area contributed by atoms with E-state index in [2.05, 4.69) is 30.9 Å². The molecule has 4 aromatic rings. The molecule has 4 atom stereocenters. The molecule has 4 amide bonds. The Balaban J connectivity index is 0.000000250. The molecule has 85 heavy (non-hydrogen) atoms. The Labute approximate surface area is 491 Å². The first-order chi connectivity index (χ1) is 39.9. The first kappa shape index (κ1) is 67.5. The number of nitrogens with two attached hydrogens (primary N) is 2. The highest BCUT2D eigenvalue weighted by Gasteiger charge is 2.56. The fourth-order valence-corrected chi connectivity index (χ4v) is 11.2. The Morgan fingerprint density at radius 1 is 0.718 bits per heavy atom. The molecule has 4 aromatic heterocycles. The number of nitrogen functional groups attached to an aromatic ring is 2. The van der Waals surface area contributed by atoms with Crippen molar-refractivity contribution in [3.8, 4) is 11.5 Å². The highest BCUT2D eigenvalue weighted by molar-refractivity contribution is 8.03. The molecule has 4 aliphatic heterocycles. The second-order valence-electron chi connectivity index (χ2n) is 16.6. The number of anilines is 2. The van der Waals surface area contributed by atoms with E-state index in [1.165, 1.54) is 47.5 Å². The van der Waals surface area contributed by atoms with Crippen LogP contribution in [0, 0.1) is 0 Å². The number of nitrogens with one attached hydrogen (secondary N) is 2. The summed E-state index contributed by atoms with van der Waals surface area (Å²) in [5.41, 5.74) is 5.65. The molecule has 2 saturated heterocycles. The number of carbonyl (C=O) groups is 7. The lowest BCUT2D eigenvalue weighted by atomic mass is 9.94. The van der Waals surface area contributed by atoms with Crippen LogP contribution < -0.4 is 45.8 Å². The van der Waals surface area contributed by atoms with Gasteiger partial charge < -0.3 is 65.9 Å². The van der Waals surface area contributed by atoms with E-state index in [0.717, 1.165) is 22.7 Å². The quantitative estimate of drug-likeness (QED) is 0.0142. The number of alkyl halides is 6. The smallest absolute Gasteiger partial charge is 0.485 e. The average molecular weight is 1300 g/mol. The van der Waals surface area contributed by atoms with Crippen molar-refractivity contribution in [3.05, 3.63) is 92.4 Å². The van der Waals surface area contributed by atoms with Crippen molar-refractivity contribution in [2.24, 2.45) is 10.3 Å². The molecule has 40 heteroatoms. The number of hydrogen-bond donors (Lipinski definition) is 6. The minimum absolute atomic E-state index is 0.0822. The highest BCUT2D eigenvalue weighted by atomic mass is 32.2. The molecule has 4 aliphatic rings. The topological polar surface area (TPSA) is 418 Å². The van der Waals surface area contributed by atoms with Crippen LogP contribution in [0.5, 0.6) is 11.5 Å². The molecule has 0 aliphatic carbocycles. The zero-order valence-corrected chi connectivity index (χ0v) is 48.0. The number of carbonyl (C=O) groups excluding carboxylic acids is 5. The average Bonchev–Trinajstić information content (AvgIpc) is 1.20. The number of oxime groups is 2. The van der Waals surface area contributed by atoms with E-state index < -0.39 is 87.5 Å². The molecule has 460 valence electrons. The van der Waals surface area contributed by atoms with Gasteiger partial charge in [-0.25, -0.2) is 28.0 Å². The summed E-state index contributed by atoms with van der Waals surface area (Å²) in [6.07, 6.45) is 1.94. The third-order valence-corrected chi connectivity index (χ3v) is 15.4. The molecule has 8 heterocycles. The molecular weight excluding hydrogens is 1250 g/mol. The lowest BCUT2D eigenvalue weighted by Crippen LogP contribution is -2.73. The number of ether oxygens (including phenoxy) is 2. The summed E-state index contributed by atoms with van der Waals surface area (Å²) >= 11 is 4.95. The van der Waals surface area contributed by atoms with Crippen LogP contribution in [0.3, 0.4) is 0 Å². The Hall–Kier alpha value is -8.34. The Kier molecular flexibility index (Phi) is 23.0. The van der Waals surface area contributed by atoms with Crippen LogP contribution in [-0.4, -0.2) is 171 Å². The van der Waals surface area contributed by atoms with Crippen LogP contribution in [0.2, 0.25) is 0 Å². The summed E-state index contributed by atoms with van der Waals surface area (Å²) in [5.74, 6) is -5.53. The van der Waals surface area contributed by atoms with Crippen molar-refractivity contribution in [2.45, 2.75) is 62.8 Å². The van der Waals surface area contributed by atoms with Gasteiger partial charge in [0.15, 0.2) is 69.7 Å². The molecule has 0 saturated carbocycles. The summed E-state index contributed by atoms with van der Waals surface area (Å²) < 4.78 is 105. The summed E-state index contributed by atoms with van der Waals surface area (Å²) in [6.45, 7) is 5.42. The number of carboxylic acids is 3. The van der Waals surface area contributed by atoms with Gasteiger partial charge >= 0.3 is 23.6 Å². The Morgan fingerprint density at radius 3 is 1.29 bits per heavy atom. The van der Waals surface area contributed by atoms with Crippen LogP contribution in [0.15, 0.2) is 91.3 Å². The summed E-state index contributed by atoms with van der Waals surface area (Å²) in [4.78, 5) is 106. The molecular formula is C45H46F6N12O17S5. The monoisotopic (exact) mass is 1300 g/mol. The normalized spacial score (nSPS) is 18.4. The predicted molar refractivity (Wildman–Crippen MR) is 282 cm³/mol. The largest absolute Gasteiger partial charge is 0.741 e. The molecule has 0 spiro atoms. The lowest BCUT2D eigenvalue weighted by Gasteiger charge is -2.49. The maximum Gasteiger partial charge on any atom is 0.485 e. The van der Waals surface area contributed by atoms with Gasteiger partial charge in [0.25, 0.3) is 23.6 Å². The lowest BCUT2D eigenvalue weighted by molar-refractivity contribution is -0.688. The fourth-order valence-electron chi connectivity index (χ4n) is 7.52. The second-order valence-corrected chi connectivity index (χ2v) is 22.0. The highest BCUT2D eigenvalue weighted by Crippen LogP contribution is 2.41. The van der Waals surface area contributed by atoms with Gasteiger partial charge in [-0.3, -0.25) is 29.0 Å². The number of aliphatic carboxylic acids is 3. The minimum Gasteiger partial charge on any atom is -0.741 e. The molecule has 4 unspecified atom stereocenters.